The van der Waals surface area contributed by atoms with Crippen molar-refractivity contribution in [3.05, 3.63) is 54.1 Å². The van der Waals surface area contributed by atoms with Gasteiger partial charge in [-0.3, -0.25) is 9.69 Å². The Morgan fingerprint density at radius 1 is 0.771 bits per heavy atom. The highest BCUT2D eigenvalue weighted by atomic mass is 28.4. The molecule has 0 saturated heterocycles. The van der Waals surface area contributed by atoms with Gasteiger partial charge in [0, 0.05) is 43.6 Å². The van der Waals surface area contributed by atoms with Gasteiger partial charge in [0.15, 0.2) is 16.6 Å². The van der Waals surface area contributed by atoms with Crippen LogP contribution in [0.4, 0.5) is 26.7 Å². The molecule has 2 rings (SSSR count). The monoisotopic (exact) mass is 704 g/mol. The highest BCUT2D eigenvalue weighted by molar-refractivity contribution is 6.70. The van der Waals surface area contributed by atoms with Crippen molar-refractivity contribution in [2.24, 2.45) is 0 Å². The summed E-state index contributed by atoms with van der Waals surface area (Å²) in [6.07, 6.45) is -0.558. The Hall–Kier alpha value is -3.93. The minimum atomic E-state index is -1.64. The predicted octanol–water partition coefficient (Wildman–Crippen LogP) is 5.59. The van der Waals surface area contributed by atoms with Crippen LogP contribution in [0.2, 0.25) is 39.3 Å². The van der Waals surface area contributed by atoms with Crippen molar-refractivity contribution in [3.63, 3.8) is 0 Å². The van der Waals surface area contributed by atoms with E-state index in [2.05, 4.69) is 59.6 Å². The molecule has 0 aromatic heterocycles. The first-order valence-corrected chi connectivity index (χ1v) is 22.7. The van der Waals surface area contributed by atoms with Crippen molar-refractivity contribution in [1.82, 2.24) is 5.32 Å². The number of esters is 2. The highest BCUT2D eigenvalue weighted by Crippen LogP contribution is 2.22. The summed E-state index contributed by atoms with van der Waals surface area (Å²) < 4.78 is 27.0. The maximum absolute atomic E-state index is 12.9. The number of nitrogens with one attached hydrogen (secondary N) is 2. The number of nitrogens with zero attached hydrogens (tertiary/aromatic N) is 2. The first kappa shape index (κ1) is 40.2. The molecule has 0 saturated carbocycles. The molecule has 0 fully saturated rings. The molecular formula is C33H52N4O9Si2. The maximum Gasteiger partial charge on any atom is 0.414 e. The largest absolute Gasteiger partial charge is 0.469 e. The predicted molar refractivity (Wildman–Crippen MR) is 191 cm³/mol. The Kier molecular flexibility index (Phi) is 16.1. The van der Waals surface area contributed by atoms with Gasteiger partial charge in [-0.05, 0) is 87.7 Å². The van der Waals surface area contributed by atoms with Gasteiger partial charge >= 0.3 is 24.1 Å². The lowest BCUT2D eigenvalue weighted by Gasteiger charge is -2.29. The molecule has 2 aromatic carbocycles. The minimum Gasteiger partial charge on any atom is -0.469 e. The molecule has 0 radical (unpaired) electrons. The van der Waals surface area contributed by atoms with Gasteiger partial charge in [-0.15, -0.1) is 0 Å². The van der Waals surface area contributed by atoms with E-state index in [-0.39, 0.29) is 19.4 Å². The van der Waals surface area contributed by atoms with Crippen molar-refractivity contribution in [1.29, 1.82) is 0 Å². The molecule has 1 unspecified atom stereocenters. The van der Waals surface area contributed by atoms with E-state index in [1.54, 1.807) is 31.3 Å². The van der Waals surface area contributed by atoms with E-state index < -0.39 is 46.7 Å². The molecule has 0 aliphatic rings. The van der Waals surface area contributed by atoms with Crippen molar-refractivity contribution < 1.29 is 42.2 Å². The van der Waals surface area contributed by atoms with Gasteiger partial charge in [-0.25, -0.2) is 14.4 Å². The van der Waals surface area contributed by atoms with Crippen molar-refractivity contribution in [3.8, 4) is 0 Å². The zero-order chi connectivity index (χ0) is 35.9. The fourth-order valence-electron chi connectivity index (χ4n) is 4.29. The molecule has 3 amide bonds. The summed E-state index contributed by atoms with van der Waals surface area (Å²) in [6, 6.07) is 12.8. The van der Waals surface area contributed by atoms with Crippen LogP contribution in [-0.4, -0.2) is 94.3 Å². The zero-order valence-corrected chi connectivity index (χ0v) is 31.7. The topological polar surface area (TPSA) is 145 Å². The van der Waals surface area contributed by atoms with E-state index >= 15 is 0 Å². The average Bonchev–Trinajstić information content (AvgIpc) is 3.03. The Balaban J connectivity index is 1.93. The third-order valence-corrected chi connectivity index (χ3v) is 9.04. The number of urea groups is 1. The number of ether oxygens (including phenoxy) is 3. The van der Waals surface area contributed by atoms with Crippen LogP contribution in [0.25, 0.3) is 0 Å². The van der Waals surface area contributed by atoms with Crippen molar-refractivity contribution in [2.75, 3.05) is 62.7 Å². The lowest BCUT2D eigenvalue weighted by Crippen LogP contribution is -2.43. The standard InChI is InChI=1S/C33H52N4O9Si2/c1-36(27-14-16-28(17-15-27)37(20-22-45-47(4,5)6)21-23-46-48(7,8)9)33(41)44-24-25-10-12-26(13-11-25)34-32(40)35-29(31(39)43-3)18-19-30(38)42-2/h10-17,29H,18-24H2,1-9H3,(H2,34,35,40). The summed E-state index contributed by atoms with van der Waals surface area (Å²) in [4.78, 5) is 52.4. The molecule has 0 heterocycles. The lowest BCUT2D eigenvalue weighted by molar-refractivity contribution is -0.144. The molecule has 0 spiro atoms. The Morgan fingerprint density at radius 2 is 1.31 bits per heavy atom. The van der Waals surface area contributed by atoms with Crippen LogP contribution >= 0.6 is 0 Å². The number of carbonyl (C=O) groups is 4. The molecular weight excluding hydrogens is 653 g/mol. The maximum atomic E-state index is 12.9. The van der Waals surface area contributed by atoms with Crippen LogP contribution in [0.3, 0.4) is 0 Å². The van der Waals surface area contributed by atoms with Crippen molar-refractivity contribution >= 4 is 57.8 Å². The molecule has 15 heteroatoms. The Labute approximate surface area is 286 Å². The van der Waals surface area contributed by atoms with E-state index in [9.17, 15) is 19.2 Å². The van der Waals surface area contributed by atoms with Crippen LogP contribution in [0.1, 0.15) is 18.4 Å². The van der Waals surface area contributed by atoms with E-state index in [4.69, 9.17) is 18.3 Å². The Morgan fingerprint density at radius 3 is 1.81 bits per heavy atom. The molecule has 0 aliphatic heterocycles. The van der Waals surface area contributed by atoms with Gasteiger partial charge in [0.05, 0.1) is 27.4 Å². The van der Waals surface area contributed by atoms with Crippen molar-refractivity contribution in [2.45, 2.75) is 64.8 Å². The summed E-state index contributed by atoms with van der Waals surface area (Å²) in [6.45, 7) is 15.8. The Bertz CT molecular complexity index is 1310. The molecule has 2 N–H and O–H groups in total. The summed E-state index contributed by atoms with van der Waals surface area (Å²) in [5.41, 5.74) is 2.86. The van der Waals surface area contributed by atoms with E-state index in [0.717, 1.165) is 18.8 Å². The third-order valence-electron chi connectivity index (χ3n) is 6.90. The highest BCUT2D eigenvalue weighted by Gasteiger charge is 2.23. The van der Waals surface area contributed by atoms with Gasteiger partial charge in [-0.1, -0.05) is 12.1 Å². The molecule has 13 nitrogen and oxygen atoms in total. The fourth-order valence-corrected chi connectivity index (χ4v) is 5.70. The number of hydrogen-bond donors (Lipinski definition) is 2. The van der Waals surface area contributed by atoms with Gasteiger partial charge in [-0.2, -0.15) is 0 Å². The van der Waals surface area contributed by atoms with Crippen LogP contribution in [0, 0.1) is 0 Å². The van der Waals surface area contributed by atoms with Crippen LogP contribution in [-0.2, 0) is 39.3 Å². The summed E-state index contributed by atoms with van der Waals surface area (Å²) in [5, 5.41) is 5.13. The number of hydrogen-bond acceptors (Lipinski definition) is 10. The number of anilines is 3. The summed E-state index contributed by atoms with van der Waals surface area (Å²) in [7, 11) is 0.814. The average molecular weight is 705 g/mol. The smallest absolute Gasteiger partial charge is 0.414 e. The molecule has 0 aliphatic carbocycles. The summed E-state index contributed by atoms with van der Waals surface area (Å²) >= 11 is 0. The lowest BCUT2D eigenvalue weighted by atomic mass is 10.1. The SMILES string of the molecule is COC(=O)CCC(NC(=O)Nc1ccc(COC(=O)N(C)c2ccc(N(CCO[Si](C)(C)C)CCO[Si](C)(C)C)cc2)cc1)C(=O)OC. The molecule has 0 bridgehead atoms. The minimum absolute atomic E-state index is 0.0215. The fraction of sp³-hybridized carbons (Fsp3) is 0.515. The van der Waals surface area contributed by atoms with E-state index in [0.29, 0.717) is 30.2 Å². The normalized spacial score (nSPS) is 12.0. The second kappa shape index (κ2) is 19.2. The second-order valence-corrected chi connectivity index (χ2v) is 22.1. The number of amides is 3. The first-order valence-electron chi connectivity index (χ1n) is 15.9. The molecule has 266 valence electrons. The third kappa shape index (κ3) is 15.3. The van der Waals surface area contributed by atoms with Gasteiger partial charge < -0.3 is 38.6 Å². The summed E-state index contributed by atoms with van der Waals surface area (Å²) in [5.74, 6) is -1.19. The van der Waals surface area contributed by atoms with Gasteiger partial charge in [0.1, 0.15) is 12.6 Å². The van der Waals surface area contributed by atoms with E-state index in [1.165, 1.54) is 19.1 Å². The van der Waals surface area contributed by atoms with Crippen LogP contribution in [0.5, 0.6) is 0 Å². The second-order valence-electron chi connectivity index (χ2n) is 13.0. The van der Waals surface area contributed by atoms with Gasteiger partial charge in [0.2, 0.25) is 0 Å². The number of rotatable bonds is 18. The number of carbonyl (C=O) groups excluding carboxylic acids is 4. The van der Waals surface area contributed by atoms with Crippen LogP contribution < -0.4 is 20.4 Å². The quantitative estimate of drug-likeness (QED) is 0.115. The zero-order valence-electron chi connectivity index (χ0n) is 29.7. The first-order chi connectivity index (χ1) is 22.5. The molecule has 2 aromatic rings. The van der Waals surface area contributed by atoms with Crippen LogP contribution in [0.15, 0.2) is 48.5 Å². The number of methoxy groups -OCH3 is 2. The van der Waals surface area contributed by atoms with E-state index in [1.807, 2.05) is 24.3 Å². The van der Waals surface area contributed by atoms with Gasteiger partial charge in [0.25, 0.3) is 0 Å². The number of benzene rings is 2. The molecule has 1 atom stereocenters. The molecule has 48 heavy (non-hydrogen) atoms.